The van der Waals surface area contributed by atoms with Crippen LogP contribution < -0.4 is 15.2 Å². The van der Waals surface area contributed by atoms with Crippen molar-refractivity contribution in [2.24, 2.45) is 5.10 Å². The first-order valence-corrected chi connectivity index (χ1v) is 12.1. The average molecular weight is 466 g/mol. The van der Waals surface area contributed by atoms with Gasteiger partial charge in [-0.15, -0.1) is 10.2 Å². The van der Waals surface area contributed by atoms with Crippen LogP contribution >= 0.6 is 11.8 Å². The first kappa shape index (κ1) is 24.5. The molecule has 0 aliphatic rings. The molecular formula is C25H31N5O2S. The Labute approximate surface area is 199 Å². The number of para-hydroxylation sites is 1. The molecule has 0 aliphatic heterocycles. The van der Waals surface area contributed by atoms with Gasteiger partial charge in [-0.25, -0.2) is 0 Å². The molecule has 0 fully saturated rings. The number of hydrogen-bond acceptors (Lipinski definition) is 7. The average Bonchev–Trinajstić information content (AvgIpc) is 2.78. The Bertz CT molecular complexity index is 1140. The van der Waals surface area contributed by atoms with Crippen molar-refractivity contribution in [3.05, 3.63) is 76.2 Å². The maximum Gasteiger partial charge on any atom is 0.297 e. The molecule has 0 saturated carbocycles. The molecule has 0 N–H and O–H groups in total. The Morgan fingerprint density at radius 2 is 1.76 bits per heavy atom. The summed E-state index contributed by atoms with van der Waals surface area (Å²) in [4.78, 5) is 15.1. The fraction of sp³-hybridized carbons (Fsp3) is 0.360. The molecule has 2 aromatic carbocycles. The fourth-order valence-electron chi connectivity index (χ4n) is 3.12. The number of nitrogens with zero attached hydrogens (tertiary/aromatic N) is 5. The van der Waals surface area contributed by atoms with Crippen molar-refractivity contribution in [3.63, 3.8) is 0 Å². The number of anilines is 1. The van der Waals surface area contributed by atoms with Gasteiger partial charge in [-0.1, -0.05) is 50.7 Å². The van der Waals surface area contributed by atoms with Gasteiger partial charge in [-0.05, 0) is 62.1 Å². The van der Waals surface area contributed by atoms with Gasteiger partial charge in [0.2, 0.25) is 5.16 Å². The summed E-state index contributed by atoms with van der Waals surface area (Å²) in [5.74, 6) is 0.760. The second kappa shape index (κ2) is 10.7. The molecule has 0 bridgehead atoms. The normalized spacial score (nSPS) is 11.8. The van der Waals surface area contributed by atoms with Gasteiger partial charge in [0.15, 0.2) is 6.73 Å². The van der Waals surface area contributed by atoms with Crippen LogP contribution in [0.3, 0.4) is 0 Å². The van der Waals surface area contributed by atoms with E-state index in [4.69, 9.17) is 4.74 Å². The molecule has 0 saturated heterocycles. The molecule has 7 nitrogen and oxygen atoms in total. The van der Waals surface area contributed by atoms with Gasteiger partial charge in [-0.2, -0.15) is 9.78 Å². The van der Waals surface area contributed by atoms with Gasteiger partial charge < -0.3 is 9.64 Å². The molecule has 0 aliphatic carbocycles. The molecule has 0 spiro atoms. The Hall–Kier alpha value is -3.13. The lowest BCUT2D eigenvalue weighted by molar-refractivity contribution is 0.304. The third kappa shape index (κ3) is 6.22. The minimum absolute atomic E-state index is 0.257. The highest BCUT2D eigenvalue weighted by molar-refractivity contribution is 7.98. The van der Waals surface area contributed by atoms with Crippen LogP contribution in [-0.2, 0) is 5.41 Å². The van der Waals surface area contributed by atoms with Crippen LogP contribution in [0.4, 0.5) is 5.69 Å². The van der Waals surface area contributed by atoms with Gasteiger partial charge in [0.1, 0.15) is 11.4 Å². The Morgan fingerprint density at radius 1 is 1.09 bits per heavy atom. The summed E-state index contributed by atoms with van der Waals surface area (Å²) in [7, 11) is 0. The second-order valence-electron chi connectivity index (χ2n) is 8.89. The van der Waals surface area contributed by atoms with Crippen LogP contribution in [0.2, 0.25) is 0 Å². The van der Waals surface area contributed by atoms with Crippen molar-refractivity contribution >= 4 is 23.7 Å². The highest BCUT2D eigenvalue weighted by Crippen LogP contribution is 2.19. The van der Waals surface area contributed by atoms with Crippen LogP contribution in [-0.4, -0.2) is 40.1 Å². The lowest BCUT2D eigenvalue weighted by atomic mass is 9.93. The first-order chi connectivity index (χ1) is 15.7. The topological polar surface area (TPSA) is 72.6 Å². The number of thioether (sulfide) groups is 1. The van der Waals surface area contributed by atoms with E-state index in [1.165, 1.54) is 16.4 Å². The van der Waals surface area contributed by atoms with Crippen LogP contribution in [0.25, 0.3) is 0 Å². The Morgan fingerprint density at radius 3 is 2.33 bits per heavy atom. The number of aromatic nitrogens is 3. The van der Waals surface area contributed by atoms with E-state index in [2.05, 4.69) is 46.2 Å². The van der Waals surface area contributed by atoms with Crippen molar-refractivity contribution in [3.8, 4) is 5.75 Å². The molecule has 1 aromatic heterocycles. The minimum atomic E-state index is -0.416. The van der Waals surface area contributed by atoms with E-state index in [0.717, 1.165) is 17.0 Å². The quantitative estimate of drug-likeness (QED) is 0.271. The van der Waals surface area contributed by atoms with E-state index >= 15 is 0 Å². The van der Waals surface area contributed by atoms with Gasteiger partial charge in [0, 0.05) is 17.1 Å². The first-order valence-electron chi connectivity index (χ1n) is 10.8. The third-order valence-corrected chi connectivity index (χ3v) is 5.61. The molecule has 0 amide bonds. The molecule has 0 atom stereocenters. The minimum Gasteiger partial charge on any atom is -0.473 e. The van der Waals surface area contributed by atoms with E-state index in [0.29, 0.717) is 23.6 Å². The molecule has 0 radical (unpaired) electrons. The van der Waals surface area contributed by atoms with Crippen molar-refractivity contribution < 1.29 is 4.74 Å². The monoisotopic (exact) mass is 465 g/mol. The maximum atomic E-state index is 12.9. The van der Waals surface area contributed by atoms with Crippen LogP contribution in [0.15, 0.2) is 69.6 Å². The molecule has 33 heavy (non-hydrogen) atoms. The fourth-order valence-corrected chi connectivity index (χ4v) is 3.55. The van der Waals surface area contributed by atoms with E-state index in [9.17, 15) is 4.79 Å². The smallest absolute Gasteiger partial charge is 0.297 e. The summed E-state index contributed by atoms with van der Waals surface area (Å²) < 4.78 is 7.32. The lowest BCUT2D eigenvalue weighted by Gasteiger charge is -2.28. The summed E-state index contributed by atoms with van der Waals surface area (Å²) in [5, 5.41) is 13.1. The van der Waals surface area contributed by atoms with Crippen molar-refractivity contribution in [2.75, 3.05) is 17.9 Å². The molecule has 3 aromatic rings. The van der Waals surface area contributed by atoms with Gasteiger partial charge in [-0.3, -0.25) is 4.79 Å². The Kier molecular flexibility index (Phi) is 7.92. The number of hydrogen-bond donors (Lipinski definition) is 0. The molecule has 1 heterocycles. The van der Waals surface area contributed by atoms with Crippen LogP contribution in [0.1, 0.15) is 45.9 Å². The summed E-state index contributed by atoms with van der Waals surface area (Å²) in [6, 6.07) is 18.1. The van der Waals surface area contributed by atoms with Crippen LogP contribution in [0, 0.1) is 0 Å². The maximum absolute atomic E-state index is 12.9. The van der Waals surface area contributed by atoms with E-state index in [1.807, 2.05) is 69.5 Å². The molecule has 174 valence electrons. The summed E-state index contributed by atoms with van der Waals surface area (Å²) in [6.45, 7) is 10.5. The Balaban J connectivity index is 1.74. The van der Waals surface area contributed by atoms with E-state index in [-0.39, 0.29) is 5.56 Å². The van der Waals surface area contributed by atoms with Gasteiger partial charge in [0.05, 0.1) is 6.21 Å². The van der Waals surface area contributed by atoms with Crippen molar-refractivity contribution in [1.82, 2.24) is 14.9 Å². The van der Waals surface area contributed by atoms with Gasteiger partial charge >= 0.3 is 0 Å². The summed E-state index contributed by atoms with van der Waals surface area (Å²) in [6.07, 6.45) is 3.48. The third-order valence-electron chi connectivity index (χ3n) is 4.99. The number of rotatable bonds is 8. The number of benzene rings is 2. The van der Waals surface area contributed by atoms with E-state index < -0.39 is 5.41 Å². The zero-order valence-corrected chi connectivity index (χ0v) is 20.8. The highest BCUT2D eigenvalue weighted by atomic mass is 32.2. The molecular weight excluding hydrogens is 434 g/mol. The molecule has 8 heteroatoms. The molecule has 0 unspecified atom stereocenters. The highest BCUT2D eigenvalue weighted by Gasteiger charge is 2.23. The van der Waals surface area contributed by atoms with Gasteiger partial charge in [0.25, 0.3) is 5.56 Å². The summed E-state index contributed by atoms with van der Waals surface area (Å²) in [5.41, 5.74) is 1.68. The predicted octanol–water partition coefficient (Wildman–Crippen LogP) is 4.79. The van der Waals surface area contributed by atoms with E-state index in [1.54, 1.807) is 6.21 Å². The van der Waals surface area contributed by atoms with Crippen molar-refractivity contribution in [1.29, 1.82) is 0 Å². The number of ether oxygens (including phenoxy) is 1. The second-order valence-corrected chi connectivity index (χ2v) is 9.66. The predicted molar refractivity (Wildman–Crippen MR) is 136 cm³/mol. The standard InChI is InChI=1S/C25H31N5O2S/c1-18(2)29(20-10-8-7-9-11-20)17-32-21-14-12-19(13-15-21)16-26-30-23(31)22(25(3,4)5)27-28-24(30)33-6/h7-16,18H,17H2,1-6H3/b26-16+. The molecule has 3 rings (SSSR count). The lowest BCUT2D eigenvalue weighted by Crippen LogP contribution is -2.34. The largest absolute Gasteiger partial charge is 0.473 e. The van der Waals surface area contributed by atoms with Crippen molar-refractivity contribution in [2.45, 2.75) is 51.2 Å². The van der Waals surface area contributed by atoms with Crippen LogP contribution in [0.5, 0.6) is 5.75 Å². The zero-order valence-electron chi connectivity index (χ0n) is 20.0. The SMILES string of the molecule is CSc1nnc(C(C)(C)C)c(=O)n1/N=C/c1ccc(OCN(c2ccccc2)C(C)C)cc1. The zero-order chi connectivity index (χ0) is 24.0. The summed E-state index contributed by atoms with van der Waals surface area (Å²) >= 11 is 1.33.